The number of nitrogens with zero attached hydrogens (tertiary/aromatic N) is 1. The van der Waals surface area contributed by atoms with Gasteiger partial charge in [0.15, 0.2) is 0 Å². The highest BCUT2D eigenvalue weighted by molar-refractivity contribution is 5.13. The molecule has 2 unspecified atom stereocenters. The number of hydrogen-bond acceptors (Lipinski definition) is 4. The first kappa shape index (κ1) is 11.5. The van der Waals surface area contributed by atoms with Gasteiger partial charge in [-0.1, -0.05) is 0 Å². The van der Waals surface area contributed by atoms with E-state index in [0.717, 1.165) is 19.6 Å². The molecule has 0 saturated carbocycles. The molecule has 4 heteroatoms. The molecule has 1 aliphatic rings. The van der Waals surface area contributed by atoms with E-state index in [1.165, 1.54) is 5.56 Å². The lowest BCUT2D eigenvalue weighted by Crippen LogP contribution is -2.35. The molecule has 2 atom stereocenters. The maximum atomic E-state index is 5.47. The molecule has 1 aliphatic heterocycles. The predicted octanol–water partition coefficient (Wildman–Crippen LogP) is 1.50. The van der Waals surface area contributed by atoms with Crippen molar-refractivity contribution in [2.24, 2.45) is 0 Å². The van der Waals surface area contributed by atoms with Crippen LogP contribution in [0.25, 0.3) is 0 Å². The van der Waals surface area contributed by atoms with Crippen molar-refractivity contribution in [1.82, 2.24) is 10.3 Å². The Morgan fingerprint density at radius 2 is 2.31 bits per heavy atom. The Labute approximate surface area is 96.0 Å². The van der Waals surface area contributed by atoms with E-state index in [0.29, 0.717) is 12.8 Å². The van der Waals surface area contributed by atoms with Crippen molar-refractivity contribution >= 4 is 0 Å². The van der Waals surface area contributed by atoms with Crippen LogP contribution in [-0.4, -0.2) is 31.0 Å². The van der Waals surface area contributed by atoms with Crippen LogP contribution in [0.5, 0.6) is 0 Å². The standard InChI is InChI=1S/C12H18N2O2/c1-10(11-2-5-13-6-3-11)14-8-12-4-7-15-9-16-12/h2-3,5-6,10,12,14H,4,7-9H2,1H3. The first-order valence-electron chi connectivity index (χ1n) is 5.69. The van der Waals surface area contributed by atoms with E-state index in [1.807, 2.05) is 24.5 Å². The third kappa shape index (κ3) is 3.27. The van der Waals surface area contributed by atoms with Crippen molar-refractivity contribution in [1.29, 1.82) is 0 Å². The molecular weight excluding hydrogens is 204 g/mol. The minimum absolute atomic E-state index is 0.276. The van der Waals surface area contributed by atoms with Crippen LogP contribution in [0, 0.1) is 0 Å². The van der Waals surface area contributed by atoms with Gasteiger partial charge in [-0.05, 0) is 31.0 Å². The third-order valence-electron chi connectivity index (χ3n) is 2.83. The van der Waals surface area contributed by atoms with Gasteiger partial charge < -0.3 is 14.8 Å². The largest absolute Gasteiger partial charge is 0.355 e. The molecule has 4 nitrogen and oxygen atoms in total. The highest BCUT2D eigenvalue weighted by Gasteiger charge is 2.15. The quantitative estimate of drug-likeness (QED) is 0.838. The van der Waals surface area contributed by atoms with Crippen LogP contribution in [-0.2, 0) is 9.47 Å². The number of aromatic nitrogens is 1. The molecule has 1 aromatic rings. The van der Waals surface area contributed by atoms with E-state index in [4.69, 9.17) is 9.47 Å². The number of nitrogens with one attached hydrogen (secondary N) is 1. The van der Waals surface area contributed by atoms with E-state index in [2.05, 4.69) is 17.2 Å². The highest BCUT2D eigenvalue weighted by Crippen LogP contribution is 2.11. The van der Waals surface area contributed by atoms with Crippen molar-refractivity contribution in [3.05, 3.63) is 30.1 Å². The van der Waals surface area contributed by atoms with Crippen molar-refractivity contribution in [2.45, 2.75) is 25.5 Å². The second kappa shape index (κ2) is 5.94. The number of pyridine rings is 1. The molecule has 0 aliphatic carbocycles. The van der Waals surface area contributed by atoms with Gasteiger partial charge in [-0.15, -0.1) is 0 Å². The summed E-state index contributed by atoms with van der Waals surface area (Å²) in [7, 11) is 0. The monoisotopic (exact) mass is 222 g/mol. The molecule has 0 spiro atoms. The van der Waals surface area contributed by atoms with Gasteiger partial charge in [0.1, 0.15) is 6.79 Å². The first-order chi connectivity index (χ1) is 7.86. The maximum Gasteiger partial charge on any atom is 0.147 e. The Hall–Kier alpha value is -0.970. The van der Waals surface area contributed by atoms with Crippen molar-refractivity contribution in [3.63, 3.8) is 0 Å². The minimum Gasteiger partial charge on any atom is -0.355 e. The van der Waals surface area contributed by atoms with Gasteiger partial charge in [0.2, 0.25) is 0 Å². The molecule has 1 N–H and O–H groups in total. The van der Waals surface area contributed by atoms with Gasteiger partial charge in [0.05, 0.1) is 12.7 Å². The Bertz CT molecular complexity index is 299. The predicted molar refractivity (Wildman–Crippen MR) is 61.0 cm³/mol. The van der Waals surface area contributed by atoms with Crippen LogP contribution >= 0.6 is 0 Å². The first-order valence-corrected chi connectivity index (χ1v) is 5.69. The lowest BCUT2D eigenvalue weighted by atomic mass is 10.1. The van der Waals surface area contributed by atoms with Crippen molar-refractivity contribution in [2.75, 3.05) is 19.9 Å². The van der Waals surface area contributed by atoms with Crippen LogP contribution in [0.3, 0.4) is 0 Å². The van der Waals surface area contributed by atoms with E-state index in [-0.39, 0.29) is 6.10 Å². The van der Waals surface area contributed by atoms with E-state index >= 15 is 0 Å². The van der Waals surface area contributed by atoms with Crippen molar-refractivity contribution in [3.8, 4) is 0 Å². The fourth-order valence-corrected chi connectivity index (χ4v) is 1.74. The molecule has 2 rings (SSSR count). The summed E-state index contributed by atoms with van der Waals surface area (Å²) in [6, 6.07) is 4.39. The van der Waals surface area contributed by atoms with Gasteiger partial charge in [-0.3, -0.25) is 4.98 Å². The minimum atomic E-state index is 0.276. The molecule has 0 bridgehead atoms. The van der Waals surface area contributed by atoms with Crippen LogP contribution in [0.4, 0.5) is 0 Å². The molecule has 2 heterocycles. The Morgan fingerprint density at radius 3 is 3.00 bits per heavy atom. The molecular formula is C12H18N2O2. The normalized spacial score (nSPS) is 22.9. The average molecular weight is 222 g/mol. The lowest BCUT2D eigenvalue weighted by Gasteiger charge is -2.24. The molecule has 1 saturated heterocycles. The summed E-state index contributed by atoms with van der Waals surface area (Å²) in [5.74, 6) is 0. The number of ether oxygens (including phenoxy) is 2. The zero-order valence-corrected chi connectivity index (χ0v) is 9.56. The summed E-state index contributed by atoms with van der Waals surface area (Å²) < 4.78 is 10.6. The fraction of sp³-hybridized carbons (Fsp3) is 0.583. The summed E-state index contributed by atoms with van der Waals surface area (Å²) in [4.78, 5) is 4.01. The summed E-state index contributed by atoms with van der Waals surface area (Å²) in [5.41, 5.74) is 1.25. The molecule has 88 valence electrons. The smallest absolute Gasteiger partial charge is 0.147 e. The Morgan fingerprint density at radius 1 is 1.50 bits per heavy atom. The maximum absolute atomic E-state index is 5.47. The topological polar surface area (TPSA) is 43.4 Å². The molecule has 0 radical (unpaired) electrons. The zero-order chi connectivity index (χ0) is 11.2. The summed E-state index contributed by atoms with van der Waals surface area (Å²) in [6.45, 7) is 4.24. The van der Waals surface area contributed by atoms with E-state index in [1.54, 1.807) is 0 Å². The van der Waals surface area contributed by atoms with Crippen LogP contribution < -0.4 is 5.32 Å². The second-order valence-corrected chi connectivity index (χ2v) is 4.01. The van der Waals surface area contributed by atoms with E-state index in [9.17, 15) is 0 Å². The Kier molecular flexibility index (Phi) is 4.27. The van der Waals surface area contributed by atoms with Crippen LogP contribution in [0.2, 0.25) is 0 Å². The van der Waals surface area contributed by atoms with Gasteiger partial charge in [-0.25, -0.2) is 0 Å². The molecule has 1 fully saturated rings. The summed E-state index contributed by atoms with van der Waals surface area (Å²) in [6.07, 6.45) is 4.88. The molecule has 0 aromatic carbocycles. The third-order valence-corrected chi connectivity index (χ3v) is 2.83. The SMILES string of the molecule is CC(NCC1CCOCO1)c1ccncc1. The zero-order valence-electron chi connectivity index (χ0n) is 9.56. The lowest BCUT2D eigenvalue weighted by molar-refractivity contribution is -0.137. The van der Waals surface area contributed by atoms with Crippen molar-refractivity contribution < 1.29 is 9.47 Å². The summed E-state index contributed by atoms with van der Waals surface area (Å²) >= 11 is 0. The van der Waals surface area contributed by atoms with Gasteiger partial charge in [0.25, 0.3) is 0 Å². The van der Waals surface area contributed by atoms with Gasteiger partial charge >= 0.3 is 0 Å². The molecule has 0 amide bonds. The van der Waals surface area contributed by atoms with Crippen LogP contribution in [0.1, 0.15) is 24.9 Å². The Balaban J connectivity index is 1.77. The van der Waals surface area contributed by atoms with Crippen LogP contribution in [0.15, 0.2) is 24.5 Å². The second-order valence-electron chi connectivity index (χ2n) is 4.01. The summed E-state index contributed by atoms with van der Waals surface area (Å²) in [5, 5.41) is 3.46. The number of hydrogen-bond donors (Lipinski definition) is 1. The van der Waals surface area contributed by atoms with Gasteiger partial charge in [0, 0.05) is 25.0 Å². The molecule has 1 aromatic heterocycles. The van der Waals surface area contributed by atoms with Gasteiger partial charge in [-0.2, -0.15) is 0 Å². The highest BCUT2D eigenvalue weighted by atomic mass is 16.7. The average Bonchev–Trinajstić information content (AvgIpc) is 2.38. The molecule has 16 heavy (non-hydrogen) atoms. The number of rotatable bonds is 4. The fourth-order valence-electron chi connectivity index (χ4n) is 1.74. The van der Waals surface area contributed by atoms with E-state index < -0.39 is 0 Å².